The van der Waals surface area contributed by atoms with E-state index in [1.54, 1.807) is 18.3 Å². The van der Waals surface area contributed by atoms with Gasteiger partial charge in [0.2, 0.25) is 0 Å². The molecule has 1 N–H and O–H groups in total. The van der Waals surface area contributed by atoms with E-state index < -0.39 is 11.1 Å². The predicted molar refractivity (Wildman–Crippen MR) is 91.6 cm³/mol. The van der Waals surface area contributed by atoms with Crippen LogP contribution in [0.3, 0.4) is 0 Å². The van der Waals surface area contributed by atoms with Crippen molar-refractivity contribution in [3.63, 3.8) is 0 Å². The molecule has 3 rings (SSSR count). The highest BCUT2D eigenvalue weighted by Gasteiger charge is 2.34. The maximum Gasteiger partial charge on any atom is 0.425 e. The Morgan fingerprint density at radius 2 is 2.04 bits per heavy atom. The van der Waals surface area contributed by atoms with E-state index in [1.165, 1.54) is 16.1 Å². The van der Waals surface area contributed by atoms with Crippen LogP contribution in [0.25, 0.3) is 10.8 Å². The topological polar surface area (TPSA) is 46.9 Å². The molecule has 2 aromatic heterocycles. The molecule has 0 saturated heterocycles. The fraction of sp³-hybridized carbons (Fsp3) is 0.294. The highest BCUT2D eigenvalue weighted by atomic mass is 32.1. The number of halogens is 3. The fourth-order valence-corrected chi connectivity index (χ4v) is 3.38. The van der Waals surface area contributed by atoms with E-state index >= 15 is 0 Å². The SMILES string of the molecule is CC(Cn1ncc2ccccc2c1=O)NCc1ccsc1C(F)(F)F. The standard InChI is InChI=1S/C17H16F3N3OS/c1-11(21-8-13-6-7-25-15(13)17(18,19)20)10-23-16(24)14-5-3-2-4-12(14)9-22-23/h2-7,9,11,21H,8,10H2,1H3. The van der Waals surface area contributed by atoms with Gasteiger partial charge >= 0.3 is 6.18 Å². The maximum atomic E-state index is 12.9. The molecule has 0 bridgehead atoms. The average Bonchev–Trinajstić information content (AvgIpc) is 3.05. The number of fused-ring (bicyclic) bond motifs is 1. The van der Waals surface area contributed by atoms with Crippen LogP contribution in [-0.4, -0.2) is 15.8 Å². The zero-order valence-electron chi connectivity index (χ0n) is 13.4. The van der Waals surface area contributed by atoms with Crippen LogP contribution in [0.1, 0.15) is 17.4 Å². The van der Waals surface area contributed by atoms with E-state index in [2.05, 4.69) is 10.4 Å². The van der Waals surface area contributed by atoms with Gasteiger partial charge in [-0.25, -0.2) is 4.68 Å². The van der Waals surface area contributed by atoms with Crippen LogP contribution in [0.4, 0.5) is 13.2 Å². The first-order chi connectivity index (χ1) is 11.9. The smallest absolute Gasteiger partial charge is 0.308 e. The minimum atomic E-state index is -4.34. The van der Waals surface area contributed by atoms with Crippen molar-refractivity contribution in [1.82, 2.24) is 15.1 Å². The largest absolute Gasteiger partial charge is 0.425 e. The number of thiophene rings is 1. The normalized spacial score (nSPS) is 13.3. The number of alkyl halides is 3. The van der Waals surface area contributed by atoms with Gasteiger partial charge in [0.25, 0.3) is 5.56 Å². The lowest BCUT2D eigenvalue weighted by molar-refractivity contribution is -0.134. The van der Waals surface area contributed by atoms with Gasteiger partial charge in [0, 0.05) is 18.0 Å². The van der Waals surface area contributed by atoms with Gasteiger partial charge in [-0.3, -0.25) is 4.79 Å². The number of nitrogens with one attached hydrogen (secondary N) is 1. The Morgan fingerprint density at radius 1 is 1.28 bits per heavy atom. The van der Waals surface area contributed by atoms with Gasteiger partial charge in [-0.2, -0.15) is 18.3 Å². The molecular weight excluding hydrogens is 351 g/mol. The Kier molecular flexibility index (Phi) is 4.91. The van der Waals surface area contributed by atoms with E-state index in [9.17, 15) is 18.0 Å². The minimum absolute atomic E-state index is 0.0852. The van der Waals surface area contributed by atoms with Crippen molar-refractivity contribution >= 4 is 22.1 Å². The molecule has 4 nitrogen and oxygen atoms in total. The molecular formula is C17H16F3N3OS. The first-order valence-corrected chi connectivity index (χ1v) is 8.56. The summed E-state index contributed by atoms with van der Waals surface area (Å²) in [4.78, 5) is 11.8. The number of hydrogen-bond donors (Lipinski definition) is 1. The molecule has 3 aromatic rings. The lowest BCUT2D eigenvalue weighted by Gasteiger charge is -2.16. The number of benzene rings is 1. The molecule has 2 heterocycles. The van der Waals surface area contributed by atoms with Gasteiger partial charge in [-0.05, 0) is 30.0 Å². The highest BCUT2D eigenvalue weighted by Crippen LogP contribution is 2.35. The molecule has 0 saturated carbocycles. The number of hydrogen-bond acceptors (Lipinski definition) is 4. The summed E-state index contributed by atoms with van der Waals surface area (Å²) in [7, 11) is 0. The quantitative estimate of drug-likeness (QED) is 0.749. The first kappa shape index (κ1) is 17.6. The number of aromatic nitrogens is 2. The lowest BCUT2D eigenvalue weighted by Crippen LogP contribution is -2.35. The van der Waals surface area contributed by atoms with Gasteiger partial charge in [-0.15, -0.1) is 11.3 Å². The van der Waals surface area contributed by atoms with Crippen LogP contribution in [0, 0.1) is 0 Å². The summed E-state index contributed by atoms with van der Waals surface area (Å²) in [5.74, 6) is 0. The third-order valence-electron chi connectivity index (χ3n) is 3.85. The second-order valence-corrected chi connectivity index (χ2v) is 6.69. The molecule has 25 heavy (non-hydrogen) atoms. The average molecular weight is 367 g/mol. The predicted octanol–water partition coefficient (Wildman–Crippen LogP) is 3.66. The lowest BCUT2D eigenvalue weighted by atomic mass is 10.2. The Bertz CT molecular complexity index is 933. The monoisotopic (exact) mass is 367 g/mol. The van der Waals surface area contributed by atoms with Crippen LogP contribution >= 0.6 is 11.3 Å². The van der Waals surface area contributed by atoms with Crippen molar-refractivity contribution < 1.29 is 13.2 Å². The van der Waals surface area contributed by atoms with E-state index in [0.29, 0.717) is 16.7 Å². The van der Waals surface area contributed by atoms with Crippen LogP contribution in [0.5, 0.6) is 0 Å². The van der Waals surface area contributed by atoms with Crippen LogP contribution in [0.2, 0.25) is 0 Å². The fourth-order valence-electron chi connectivity index (χ4n) is 2.59. The van der Waals surface area contributed by atoms with Crippen LogP contribution in [-0.2, 0) is 19.3 Å². The summed E-state index contributed by atoms with van der Waals surface area (Å²) in [5, 5.41) is 9.93. The molecule has 0 amide bonds. The minimum Gasteiger partial charge on any atom is -0.308 e. The van der Waals surface area contributed by atoms with Gasteiger partial charge in [0.05, 0.1) is 18.1 Å². The van der Waals surface area contributed by atoms with Gasteiger partial charge in [0.1, 0.15) is 4.88 Å². The Morgan fingerprint density at radius 3 is 2.80 bits per heavy atom. The summed E-state index contributed by atoms with van der Waals surface area (Å²) in [6.07, 6.45) is -2.73. The Labute approximate surface area is 145 Å². The van der Waals surface area contributed by atoms with Gasteiger partial charge in [-0.1, -0.05) is 18.2 Å². The van der Waals surface area contributed by atoms with Crippen molar-refractivity contribution in [2.45, 2.75) is 32.2 Å². The molecule has 0 radical (unpaired) electrons. The highest BCUT2D eigenvalue weighted by molar-refractivity contribution is 7.10. The summed E-state index contributed by atoms with van der Waals surface area (Å²) >= 11 is 0.683. The first-order valence-electron chi connectivity index (χ1n) is 7.68. The van der Waals surface area contributed by atoms with Crippen molar-refractivity contribution in [3.8, 4) is 0 Å². The summed E-state index contributed by atoms with van der Waals surface area (Å²) < 4.78 is 40.0. The molecule has 0 aliphatic rings. The van der Waals surface area contributed by atoms with Crippen molar-refractivity contribution in [3.05, 3.63) is 62.7 Å². The third-order valence-corrected chi connectivity index (χ3v) is 4.86. The third kappa shape index (κ3) is 3.91. The zero-order chi connectivity index (χ0) is 18.0. The van der Waals surface area contributed by atoms with E-state index in [0.717, 1.165) is 5.39 Å². The van der Waals surface area contributed by atoms with E-state index in [4.69, 9.17) is 0 Å². The molecule has 1 atom stereocenters. The molecule has 1 aromatic carbocycles. The Hall–Kier alpha value is -2.19. The molecule has 0 aliphatic carbocycles. The van der Waals surface area contributed by atoms with E-state index in [-0.39, 0.29) is 30.3 Å². The van der Waals surface area contributed by atoms with Crippen molar-refractivity contribution in [2.24, 2.45) is 0 Å². The maximum absolute atomic E-state index is 12.9. The summed E-state index contributed by atoms with van der Waals surface area (Å²) in [6, 6.07) is 8.41. The molecule has 1 unspecified atom stereocenters. The van der Waals surface area contributed by atoms with Crippen molar-refractivity contribution in [2.75, 3.05) is 0 Å². The molecule has 0 spiro atoms. The molecule has 8 heteroatoms. The molecule has 0 aliphatic heterocycles. The van der Waals surface area contributed by atoms with Crippen LogP contribution < -0.4 is 10.9 Å². The van der Waals surface area contributed by atoms with Gasteiger partial charge in [0.15, 0.2) is 0 Å². The Balaban J connectivity index is 1.70. The van der Waals surface area contributed by atoms with Gasteiger partial charge < -0.3 is 5.32 Å². The molecule has 0 fully saturated rings. The summed E-state index contributed by atoms with van der Waals surface area (Å²) in [6.45, 7) is 2.17. The summed E-state index contributed by atoms with van der Waals surface area (Å²) in [5.41, 5.74) is 0.00133. The number of nitrogens with zero attached hydrogens (tertiary/aromatic N) is 2. The van der Waals surface area contributed by atoms with Crippen molar-refractivity contribution in [1.29, 1.82) is 0 Å². The van der Waals surface area contributed by atoms with E-state index in [1.807, 2.05) is 19.1 Å². The van der Waals surface area contributed by atoms with Crippen LogP contribution in [0.15, 0.2) is 46.7 Å². The second kappa shape index (κ2) is 6.97. The second-order valence-electron chi connectivity index (χ2n) is 5.77. The number of rotatable bonds is 5. The molecule has 132 valence electrons. The zero-order valence-corrected chi connectivity index (χ0v) is 14.2.